The molecule has 0 saturated carbocycles. The Morgan fingerprint density at radius 2 is 1.68 bits per heavy atom. The summed E-state index contributed by atoms with van der Waals surface area (Å²) >= 11 is 0. The van der Waals surface area contributed by atoms with Crippen LogP contribution in [0, 0.1) is 5.92 Å². The minimum absolute atomic E-state index is 0.00143. The number of fused-ring (bicyclic) bond motifs is 2. The van der Waals surface area contributed by atoms with E-state index in [1.54, 1.807) is 12.0 Å². The first kappa shape index (κ1) is 36.0. The second-order valence-corrected chi connectivity index (χ2v) is 20.5. The highest BCUT2D eigenvalue weighted by atomic mass is 28.3. The van der Waals surface area contributed by atoms with E-state index in [1.807, 2.05) is 113 Å². The summed E-state index contributed by atoms with van der Waals surface area (Å²) in [6, 6.07) is 36.3. The third-order valence-electron chi connectivity index (χ3n) is 12.4. The number of carbonyl (C=O) groups excluding carboxylic acids is 2. The highest BCUT2D eigenvalue weighted by Crippen LogP contribution is 2.61. The topological polar surface area (TPSA) is 110 Å². The number of hydrogen-bond acceptors (Lipinski definition) is 7. The zero-order valence-electron chi connectivity index (χ0n) is 32.1. The summed E-state index contributed by atoms with van der Waals surface area (Å²) in [7, 11) is -0.740. The van der Waals surface area contributed by atoms with Crippen molar-refractivity contribution in [1.82, 2.24) is 15.0 Å². The smallest absolute Gasteiger partial charge is 0.264 e. The van der Waals surface area contributed by atoms with Gasteiger partial charge in [-0.1, -0.05) is 97.1 Å². The maximum Gasteiger partial charge on any atom is 0.264 e. The second-order valence-electron chi connectivity index (χ2n) is 15.8. The number of aryl methyl sites for hydroxylation is 1. The van der Waals surface area contributed by atoms with Crippen LogP contribution in [0.25, 0.3) is 10.8 Å². The van der Waals surface area contributed by atoms with Crippen LogP contribution in [-0.2, 0) is 34.6 Å². The lowest BCUT2D eigenvalue weighted by Crippen LogP contribution is -2.51. The number of aliphatic hydroxyl groups excluding tert-OH is 1. The molecule has 11 heteroatoms. The number of rotatable bonds is 11. The van der Waals surface area contributed by atoms with Gasteiger partial charge in [-0.2, -0.15) is 0 Å². The van der Waals surface area contributed by atoms with Gasteiger partial charge < -0.3 is 19.5 Å². The molecular formula is C45H45N5O5Si. The number of amides is 2. The van der Waals surface area contributed by atoms with E-state index in [0.29, 0.717) is 37.2 Å². The van der Waals surface area contributed by atoms with Crippen molar-refractivity contribution < 1.29 is 24.2 Å². The number of methoxy groups -OCH3 is 1. The molecule has 0 unspecified atom stereocenters. The van der Waals surface area contributed by atoms with Crippen LogP contribution in [0.15, 0.2) is 115 Å². The molecule has 4 heterocycles. The molecule has 1 fully saturated rings. The molecule has 6 aromatic rings. The van der Waals surface area contributed by atoms with Crippen LogP contribution in [-0.4, -0.2) is 59.8 Å². The fourth-order valence-corrected chi connectivity index (χ4v) is 13.8. The fourth-order valence-electron chi connectivity index (χ4n) is 9.74. The van der Waals surface area contributed by atoms with Crippen LogP contribution < -0.4 is 19.7 Å². The Morgan fingerprint density at radius 3 is 2.43 bits per heavy atom. The van der Waals surface area contributed by atoms with Crippen molar-refractivity contribution in [3.05, 3.63) is 138 Å². The molecule has 5 aromatic carbocycles. The van der Waals surface area contributed by atoms with Gasteiger partial charge in [0, 0.05) is 48.3 Å². The first-order valence-electron chi connectivity index (χ1n) is 19.3. The molecule has 9 rings (SSSR count). The number of benzene rings is 5. The molecule has 0 bridgehead atoms. The van der Waals surface area contributed by atoms with E-state index < -0.39 is 13.7 Å². The largest absolute Gasteiger partial charge is 0.497 e. The molecule has 0 radical (unpaired) electrons. The number of hydrogen-bond donors (Lipinski definition) is 1. The Bertz CT molecular complexity index is 2460. The SMILES string of the molecule is COc1ccc([Si](C)(C)[C@@H]2[C@@H](CCn3cc(CCO)nn3)O[C@]3(C(=O)N(Cc4ccccc4)c4ccc(N5C(=O)c6cccc7cccc5c67)cc43)[C@H]2C)cc1. The Kier molecular flexibility index (Phi) is 8.91. The number of carbonyl (C=O) groups is 2. The van der Waals surface area contributed by atoms with Crippen molar-refractivity contribution in [2.24, 2.45) is 5.92 Å². The van der Waals surface area contributed by atoms with Crippen LogP contribution in [0.5, 0.6) is 5.75 Å². The summed E-state index contributed by atoms with van der Waals surface area (Å²) in [6.45, 7) is 7.86. The van der Waals surface area contributed by atoms with Gasteiger partial charge in [-0.15, -0.1) is 5.10 Å². The van der Waals surface area contributed by atoms with Crippen molar-refractivity contribution >= 4 is 52.9 Å². The summed E-state index contributed by atoms with van der Waals surface area (Å²) in [6.07, 6.45) is 2.61. The number of aromatic nitrogens is 3. The van der Waals surface area contributed by atoms with E-state index in [2.05, 4.69) is 42.5 Å². The molecule has 1 spiro atoms. The average molecular weight is 764 g/mol. The molecular weight excluding hydrogens is 719 g/mol. The van der Waals surface area contributed by atoms with E-state index in [0.717, 1.165) is 44.7 Å². The third kappa shape index (κ3) is 5.59. The third-order valence-corrected chi connectivity index (χ3v) is 16.8. The average Bonchev–Trinajstić information content (AvgIpc) is 3.94. The predicted octanol–water partition coefficient (Wildman–Crippen LogP) is 7.12. The molecule has 56 heavy (non-hydrogen) atoms. The quantitative estimate of drug-likeness (QED) is 0.140. The molecule has 2 amide bonds. The first-order valence-corrected chi connectivity index (χ1v) is 22.4. The zero-order chi connectivity index (χ0) is 38.8. The van der Waals surface area contributed by atoms with Crippen LogP contribution in [0.1, 0.15) is 40.5 Å². The molecule has 1 aromatic heterocycles. The van der Waals surface area contributed by atoms with Gasteiger partial charge in [0.2, 0.25) is 0 Å². The van der Waals surface area contributed by atoms with Crippen LogP contribution in [0.3, 0.4) is 0 Å². The number of nitrogens with zero attached hydrogens (tertiary/aromatic N) is 5. The molecule has 284 valence electrons. The van der Waals surface area contributed by atoms with Gasteiger partial charge in [0.05, 0.1) is 50.5 Å². The van der Waals surface area contributed by atoms with Crippen LogP contribution in [0.2, 0.25) is 18.6 Å². The van der Waals surface area contributed by atoms with Crippen molar-refractivity contribution in [3.8, 4) is 5.75 Å². The monoisotopic (exact) mass is 763 g/mol. The van der Waals surface area contributed by atoms with E-state index in [1.165, 1.54) is 5.19 Å². The van der Waals surface area contributed by atoms with Crippen molar-refractivity contribution in [2.75, 3.05) is 23.5 Å². The molecule has 10 nitrogen and oxygen atoms in total. The summed E-state index contributed by atoms with van der Waals surface area (Å²) < 4.78 is 14.8. The Balaban J connectivity index is 1.18. The minimum Gasteiger partial charge on any atom is -0.497 e. The maximum atomic E-state index is 15.5. The number of anilines is 3. The van der Waals surface area contributed by atoms with Crippen molar-refractivity contribution in [3.63, 3.8) is 0 Å². The van der Waals surface area contributed by atoms with Gasteiger partial charge in [-0.05, 0) is 65.4 Å². The number of ether oxygens (including phenoxy) is 2. The molecule has 1 N–H and O–H groups in total. The number of aliphatic hydroxyl groups is 1. The summed E-state index contributed by atoms with van der Waals surface area (Å²) in [5, 5.41) is 21.3. The molecule has 0 aliphatic carbocycles. The van der Waals surface area contributed by atoms with Crippen LogP contribution in [0.4, 0.5) is 17.1 Å². The van der Waals surface area contributed by atoms with Gasteiger partial charge >= 0.3 is 0 Å². The summed E-state index contributed by atoms with van der Waals surface area (Å²) in [5.74, 6) is 0.394. The minimum atomic E-state index is -2.41. The summed E-state index contributed by atoms with van der Waals surface area (Å²) in [5.41, 5.74) is 4.24. The Morgan fingerprint density at radius 1 is 0.911 bits per heavy atom. The molecule has 3 aliphatic rings. The van der Waals surface area contributed by atoms with Gasteiger partial charge in [-0.25, -0.2) is 0 Å². The Hall–Kier alpha value is -5.62. The normalized spacial score (nSPS) is 21.5. The maximum absolute atomic E-state index is 15.5. The molecule has 3 aliphatic heterocycles. The zero-order valence-corrected chi connectivity index (χ0v) is 33.1. The second kappa shape index (κ2) is 13.8. The lowest BCUT2D eigenvalue weighted by atomic mass is 9.82. The van der Waals surface area contributed by atoms with E-state index in [-0.39, 0.29) is 36.0 Å². The van der Waals surface area contributed by atoms with Gasteiger partial charge in [-0.3, -0.25) is 19.2 Å². The van der Waals surface area contributed by atoms with Crippen LogP contribution >= 0.6 is 0 Å². The van der Waals surface area contributed by atoms with Crippen molar-refractivity contribution in [2.45, 2.75) is 63.2 Å². The van der Waals surface area contributed by atoms with E-state index >= 15 is 4.79 Å². The van der Waals surface area contributed by atoms with Gasteiger partial charge in [0.1, 0.15) is 5.75 Å². The Labute approximate surface area is 327 Å². The van der Waals surface area contributed by atoms with Crippen molar-refractivity contribution in [1.29, 1.82) is 0 Å². The standard InChI is InChI=1S/C45H45N5O5Si/c1-29-42(56(3,4)35-19-17-34(54-2)18-20-35)40(22-24-48-28-32(23-25-51)46-47-48)55-45(29)37-26-33(16-21-38(37)49(44(45)53)27-30-10-6-5-7-11-30)50-39-15-9-13-31-12-8-14-36(41(31)39)43(50)52/h5-21,26,28-29,40,42,51H,22-25,27H2,1-4H3/t29-,40+,42-,45+/m0/s1. The molecule has 4 atom stereocenters. The van der Waals surface area contributed by atoms with E-state index in [9.17, 15) is 9.90 Å². The van der Waals surface area contributed by atoms with Gasteiger partial charge in [0.15, 0.2) is 5.60 Å². The fraction of sp³-hybridized carbons (Fsp3) is 0.289. The van der Waals surface area contributed by atoms with Gasteiger partial charge in [0.25, 0.3) is 11.8 Å². The summed E-state index contributed by atoms with van der Waals surface area (Å²) in [4.78, 5) is 33.4. The lowest BCUT2D eigenvalue weighted by molar-refractivity contribution is -0.146. The lowest BCUT2D eigenvalue weighted by Gasteiger charge is -2.37. The highest BCUT2D eigenvalue weighted by Gasteiger charge is 2.66. The molecule has 1 saturated heterocycles. The van der Waals surface area contributed by atoms with E-state index in [4.69, 9.17) is 9.47 Å². The first-order chi connectivity index (χ1) is 27.1. The highest BCUT2D eigenvalue weighted by molar-refractivity contribution is 6.91. The predicted molar refractivity (Wildman–Crippen MR) is 219 cm³/mol.